The van der Waals surface area contributed by atoms with Crippen LogP contribution in [-0.4, -0.2) is 29.8 Å². The zero-order chi connectivity index (χ0) is 22.8. The molecule has 0 fully saturated rings. The summed E-state index contributed by atoms with van der Waals surface area (Å²) < 4.78 is 5.10. The number of imide groups is 1. The highest BCUT2D eigenvalue weighted by atomic mass is 35.5. The fraction of sp³-hybridized carbons (Fsp3) is 0.0909. The number of thiazole rings is 1. The molecule has 0 radical (unpaired) electrons. The zero-order valence-electron chi connectivity index (χ0n) is 17.0. The van der Waals surface area contributed by atoms with E-state index in [4.69, 9.17) is 16.3 Å². The molecule has 1 aliphatic heterocycles. The van der Waals surface area contributed by atoms with Gasteiger partial charge in [-0.05, 0) is 49.4 Å². The third kappa shape index (κ3) is 4.20. The third-order valence-electron chi connectivity index (χ3n) is 4.59. The first kappa shape index (κ1) is 21.5. The summed E-state index contributed by atoms with van der Waals surface area (Å²) in [4.78, 5) is 43.3. The molecular formula is C22H17ClN4O4S. The number of anilines is 3. The minimum absolute atomic E-state index is 0.0689. The first-order chi connectivity index (χ1) is 15.4. The van der Waals surface area contributed by atoms with Crippen molar-refractivity contribution in [3.8, 4) is 5.75 Å². The Kier molecular flexibility index (Phi) is 5.93. The Morgan fingerprint density at radius 2 is 1.88 bits per heavy atom. The molecular weight excluding hydrogens is 452 g/mol. The minimum atomic E-state index is -0.641. The number of methoxy groups -OCH3 is 1. The maximum atomic E-state index is 12.9. The van der Waals surface area contributed by atoms with Crippen molar-refractivity contribution < 1.29 is 19.1 Å². The molecule has 0 saturated heterocycles. The van der Waals surface area contributed by atoms with Crippen molar-refractivity contribution in [3.63, 3.8) is 0 Å². The van der Waals surface area contributed by atoms with E-state index in [1.807, 2.05) is 12.3 Å². The van der Waals surface area contributed by atoms with Crippen molar-refractivity contribution in [3.05, 3.63) is 75.9 Å². The van der Waals surface area contributed by atoms with Crippen molar-refractivity contribution in [2.45, 2.75) is 6.92 Å². The van der Waals surface area contributed by atoms with Crippen molar-refractivity contribution in [1.82, 2.24) is 4.98 Å². The van der Waals surface area contributed by atoms with Gasteiger partial charge in [-0.1, -0.05) is 17.7 Å². The summed E-state index contributed by atoms with van der Waals surface area (Å²) in [6.45, 7) is 1.84. The first-order valence-electron chi connectivity index (χ1n) is 9.40. The van der Waals surface area contributed by atoms with Crippen LogP contribution in [0.4, 0.5) is 16.5 Å². The lowest BCUT2D eigenvalue weighted by atomic mass is 10.2. The predicted molar refractivity (Wildman–Crippen MR) is 123 cm³/mol. The van der Waals surface area contributed by atoms with Gasteiger partial charge in [0.25, 0.3) is 17.7 Å². The van der Waals surface area contributed by atoms with Crippen LogP contribution in [0.2, 0.25) is 0 Å². The average Bonchev–Trinajstić information content (AvgIpc) is 3.29. The van der Waals surface area contributed by atoms with Crippen LogP contribution in [0.25, 0.3) is 0 Å². The van der Waals surface area contributed by atoms with E-state index in [-0.39, 0.29) is 16.6 Å². The molecule has 4 rings (SSSR count). The molecule has 32 heavy (non-hydrogen) atoms. The molecule has 10 heteroatoms. The number of halogens is 1. The highest BCUT2D eigenvalue weighted by Gasteiger charge is 2.39. The summed E-state index contributed by atoms with van der Waals surface area (Å²) >= 11 is 7.51. The molecule has 2 aromatic carbocycles. The van der Waals surface area contributed by atoms with Crippen molar-refractivity contribution >= 4 is 57.2 Å². The summed E-state index contributed by atoms with van der Waals surface area (Å²) in [6.07, 6.45) is 0. The van der Waals surface area contributed by atoms with E-state index < -0.39 is 11.8 Å². The zero-order valence-corrected chi connectivity index (χ0v) is 18.6. The smallest absolute Gasteiger partial charge is 0.283 e. The van der Waals surface area contributed by atoms with Gasteiger partial charge < -0.3 is 10.1 Å². The largest absolute Gasteiger partial charge is 0.497 e. The number of amides is 3. The summed E-state index contributed by atoms with van der Waals surface area (Å²) in [5, 5.41) is 7.68. The Hall–Kier alpha value is -3.69. The third-order valence-corrected chi connectivity index (χ3v) is 5.82. The van der Waals surface area contributed by atoms with Crippen LogP contribution in [0.15, 0.2) is 64.6 Å². The van der Waals surface area contributed by atoms with Gasteiger partial charge in [0.2, 0.25) is 0 Å². The Labute approximate surface area is 192 Å². The lowest BCUT2D eigenvalue weighted by Crippen LogP contribution is -2.32. The van der Waals surface area contributed by atoms with E-state index in [2.05, 4.69) is 15.6 Å². The number of carbonyl (C=O) groups is 3. The van der Waals surface area contributed by atoms with Crippen LogP contribution in [0.3, 0.4) is 0 Å². The van der Waals surface area contributed by atoms with E-state index in [1.165, 1.54) is 18.4 Å². The summed E-state index contributed by atoms with van der Waals surface area (Å²) in [6, 6.07) is 13.0. The van der Waals surface area contributed by atoms with E-state index in [9.17, 15) is 14.4 Å². The monoisotopic (exact) mass is 468 g/mol. The second kappa shape index (κ2) is 8.81. The Bertz CT molecular complexity index is 1250. The number of nitrogens with one attached hydrogen (secondary N) is 2. The molecule has 0 saturated carbocycles. The Morgan fingerprint density at radius 1 is 1.12 bits per heavy atom. The van der Waals surface area contributed by atoms with Gasteiger partial charge in [0.15, 0.2) is 5.13 Å². The maximum Gasteiger partial charge on any atom is 0.283 e. The number of benzene rings is 2. The van der Waals surface area contributed by atoms with Crippen molar-refractivity contribution in [2.75, 3.05) is 22.6 Å². The average molecular weight is 469 g/mol. The number of aromatic nitrogens is 1. The van der Waals surface area contributed by atoms with Crippen LogP contribution >= 0.6 is 22.9 Å². The number of aryl methyl sites for hydroxylation is 1. The Morgan fingerprint density at radius 3 is 2.53 bits per heavy atom. The van der Waals surface area contributed by atoms with E-state index in [0.29, 0.717) is 27.8 Å². The van der Waals surface area contributed by atoms with Crippen LogP contribution < -0.4 is 20.3 Å². The van der Waals surface area contributed by atoms with Gasteiger partial charge in [0.1, 0.15) is 16.5 Å². The molecule has 162 valence electrons. The molecule has 0 bridgehead atoms. The van der Waals surface area contributed by atoms with Gasteiger partial charge in [0.05, 0.1) is 18.5 Å². The second-order valence-electron chi connectivity index (χ2n) is 6.79. The highest BCUT2D eigenvalue weighted by molar-refractivity contribution is 7.13. The summed E-state index contributed by atoms with van der Waals surface area (Å²) in [5.74, 6) is -0.999. The normalized spacial score (nSPS) is 13.5. The summed E-state index contributed by atoms with van der Waals surface area (Å²) in [5.41, 5.74) is 1.89. The molecule has 1 aromatic heterocycles. The topological polar surface area (TPSA) is 101 Å². The molecule has 0 aliphatic carbocycles. The van der Waals surface area contributed by atoms with Gasteiger partial charge in [-0.25, -0.2) is 9.88 Å². The number of hydrogen-bond acceptors (Lipinski definition) is 7. The lowest BCUT2D eigenvalue weighted by molar-refractivity contribution is -0.120. The molecule has 1 aliphatic rings. The molecule has 8 nitrogen and oxygen atoms in total. The standard InChI is InChI=1S/C22H17ClN4O4S/c1-12-11-32-22(24-12)26-19(28)13-4-3-5-14(10-13)25-18-17(23)20(29)27(21(18)30)15-6-8-16(31-2)9-7-15/h3-11,25H,1-2H3,(H,24,26,28). The van der Waals surface area contributed by atoms with E-state index in [0.717, 1.165) is 10.6 Å². The number of ether oxygens (including phenoxy) is 1. The van der Waals surface area contributed by atoms with Crippen LogP contribution in [0.5, 0.6) is 5.75 Å². The van der Waals surface area contributed by atoms with Gasteiger partial charge in [0, 0.05) is 16.6 Å². The minimum Gasteiger partial charge on any atom is -0.497 e. The Balaban J connectivity index is 1.53. The van der Waals surface area contributed by atoms with Gasteiger partial charge >= 0.3 is 0 Å². The lowest BCUT2D eigenvalue weighted by Gasteiger charge is -2.15. The quantitative estimate of drug-likeness (QED) is 0.527. The molecule has 0 atom stereocenters. The fourth-order valence-corrected chi connectivity index (χ4v) is 3.94. The molecule has 3 aromatic rings. The predicted octanol–water partition coefficient (Wildman–Crippen LogP) is 4.15. The maximum absolute atomic E-state index is 12.9. The van der Waals surface area contributed by atoms with Gasteiger partial charge in [-0.15, -0.1) is 11.3 Å². The second-order valence-corrected chi connectivity index (χ2v) is 8.02. The van der Waals surface area contributed by atoms with Crippen LogP contribution in [0.1, 0.15) is 16.1 Å². The number of nitrogens with zero attached hydrogens (tertiary/aromatic N) is 2. The van der Waals surface area contributed by atoms with Gasteiger partial charge in [-0.3, -0.25) is 19.7 Å². The van der Waals surface area contributed by atoms with Gasteiger partial charge in [-0.2, -0.15) is 0 Å². The van der Waals surface area contributed by atoms with E-state index in [1.54, 1.807) is 48.5 Å². The van der Waals surface area contributed by atoms with Crippen LogP contribution in [-0.2, 0) is 9.59 Å². The molecule has 0 unspecified atom stereocenters. The highest BCUT2D eigenvalue weighted by Crippen LogP contribution is 2.31. The number of carbonyl (C=O) groups excluding carboxylic acids is 3. The van der Waals surface area contributed by atoms with Crippen molar-refractivity contribution in [1.29, 1.82) is 0 Å². The molecule has 0 spiro atoms. The first-order valence-corrected chi connectivity index (χ1v) is 10.7. The SMILES string of the molecule is COc1ccc(N2C(=O)C(Cl)=C(Nc3cccc(C(=O)Nc4nc(C)cs4)c3)C2=O)cc1. The van der Waals surface area contributed by atoms with Crippen LogP contribution in [0, 0.1) is 6.92 Å². The number of hydrogen-bond donors (Lipinski definition) is 2. The van der Waals surface area contributed by atoms with Crippen molar-refractivity contribution in [2.24, 2.45) is 0 Å². The fourth-order valence-electron chi connectivity index (χ4n) is 3.04. The summed E-state index contributed by atoms with van der Waals surface area (Å²) in [7, 11) is 1.52. The molecule has 3 amide bonds. The van der Waals surface area contributed by atoms with E-state index >= 15 is 0 Å². The number of rotatable bonds is 6. The molecule has 2 N–H and O–H groups in total. The molecule has 2 heterocycles.